The summed E-state index contributed by atoms with van der Waals surface area (Å²) in [4.78, 5) is 18.3. The summed E-state index contributed by atoms with van der Waals surface area (Å²) in [6, 6.07) is 20.0. The number of rotatable bonds is 5. The van der Waals surface area contributed by atoms with Crippen molar-refractivity contribution in [2.24, 2.45) is 0 Å². The molecule has 188 valence electrons. The number of piperazine rings is 1. The summed E-state index contributed by atoms with van der Waals surface area (Å²) < 4.78 is 2.19. The van der Waals surface area contributed by atoms with Crippen LogP contribution >= 0.6 is 0 Å². The molecule has 2 aliphatic rings. The number of nitrogens with one attached hydrogen (secondary N) is 1. The third-order valence-electron chi connectivity index (χ3n) is 8.33. The fourth-order valence-electron chi connectivity index (χ4n) is 6.11. The summed E-state index contributed by atoms with van der Waals surface area (Å²) in [5.41, 5.74) is 13.0. The van der Waals surface area contributed by atoms with Crippen molar-refractivity contribution in [1.29, 1.82) is 0 Å². The molecule has 7 heteroatoms. The Morgan fingerprint density at radius 3 is 2.62 bits per heavy atom. The lowest BCUT2D eigenvalue weighted by Crippen LogP contribution is -2.52. The second kappa shape index (κ2) is 9.01. The molecule has 2 aromatic carbocycles. The second-order valence-electron chi connectivity index (χ2n) is 10.8. The highest BCUT2D eigenvalue weighted by atomic mass is 15.3. The highest BCUT2D eigenvalue weighted by Gasteiger charge is 2.38. The maximum absolute atomic E-state index is 6.44. The number of hydrogen-bond acceptors (Lipinski definition) is 5. The molecular weight excluding hydrogens is 458 g/mol. The largest absolute Gasteiger partial charge is 0.382 e. The number of benzene rings is 2. The van der Waals surface area contributed by atoms with Gasteiger partial charge in [-0.15, -0.1) is 0 Å². The molecule has 7 rings (SSSR count). The number of nitrogen functional groups attached to an aromatic ring is 1. The van der Waals surface area contributed by atoms with Crippen molar-refractivity contribution in [2.75, 3.05) is 39.0 Å². The number of aromatic amines is 1. The van der Waals surface area contributed by atoms with Gasteiger partial charge in [0.2, 0.25) is 0 Å². The van der Waals surface area contributed by atoms with E-state index < -0.39 is 0 Å². The van der Waals surface area contributed by atoms with Crippen molar-refractivity contribution < 1.29 is 0 Å². The van der Waals surface area contributed by atoms with Gasteiger partial charge in [-0.05, 0) is 43.7 Å². The van der Waals surface area contributed by atoms with Gasteiger partial charge in [-0.25, -0.2) is 9.97 Å². The second-order valence-corrected chi connectivity index (χ2v) is 10.8. The van der Waals surface area contributed by atoms with E-state index in [1.807, 2.05) is 6.20 Å². The number of nitrogens with zero attached hydrogens (tertiary/aromatic N) is 5. The first-order valence-corrected chi connectivity index (χ1v) is 13.3. The average Bonchev–Trinajstić information content (AvgIpc) is 3.46. The van der Waals surface area contributed by atoms with Gasteiger partial charge in [0.25, 0.3) is 0 Å². The van der Waals surface area contributed by atoms with Gasteiger partial charge >= 0.3 is 0 Å². The maximum atomic E-state index is 6.44. The first-order chi connectivity index (χ1) is 18.1. The van der Waals surface area contributed by atoms with Crippen LogP contribution in [0, 0.1) is 0 Å². The maximum Gasteiger partial charge on any atom is 0.150 e. The molecule has 1 aliphatic heterocycles. The van der Waals surface area contributed by atoms with E-state index in [2.05, 4.69) is 85.8 Å². The Kier molecular flexibility index (Phi) is 5.48. The van der Waals surface area contributed by atoms with Gasteiger partial charge in [0.05, 0.1) is 0 Å². The molecule has 2 fully saturated rings. The Balaban J connectivity index is 1.19. The van der Waals surface area contributed by atoms with Crippen molar-refractivity contribution in [3.05, 3.63) is 84.1 Å². The van der Waals surface area contributed by atoms with Crippen LogP contribution < -0.4 is 5.73 Å². The normalized spacial score (nSPS) is 21.0. The third kappa shape index (κ3) is 4.08. The van der Waals surface area contributed by atoms with Crippen LogP contribution in [0.2, 0.25) is 0 Å². The van der Waals surface area contributed by atoms with Gasteiger partial charge in [-0.3, -0.25) is 9.30 Å². The van der Waals surface area contributed by atoms with Gasteiger partial charge in [0.1, 0.15) is 22.9 Å². The first kappa shape index (κ1) is 22.5. The number of H-pyrrole nitrogens is 1. The molecule has 37 heavy (non-hydrogen) atoms. The van der Waals surface area contributed by atoms with Gasteiger partial charge in [-0.2, -0.15) is 0 Å². The average molecular weight is 492 g/mol. The van der Waals surface area contributed by atoms with Crippen LogP contribution in [0.3, 0.4) is 0 Å². The number of nitrogens with two attached hydrogens (primary N) is 1. The van der Waals surface area contributed by atoms with Crippen molar-refractivity contribution in [3.8, 4) is 11.3 Å². The number of imidazole rings is 1. The summed E-state index contributed by atoms with van der Waals surface area (Å²) in [6.45, 7) is 4.66. The fourth-order valence-corrected chi connectivity index (χ4v) is 6.11. The van der Waals surface area contributed by atoms with Gasteiger partial charge in [0.15, 0.2) is 0 Å². The lowest BCUT2D eigenvalue weighted by molar-refractivity contribution is 0.0586. The van der Waals surface area contributed by atoms with Crippen LogP contribution in [0.25, 0.3) is 27.7 Å². The van der Waals surface area contributed by atoms with E-state index in [1.165, 1.54) is 29.7 Å². The first-order valence-electron chi connectivity index (χ1n) is 13.3. The number of fused-ring (bicyclic) bond motifs is 2. The van der Waals surface area contributed by atoms with Crippen LogP contribution in [0.1, 0.15) is 35.8 Å². The highest BCUT2D eigenvalue weighted by Crippen LogP contribution is 2.42. The van der Waals surface area contributed by atoms with E-state index in [0.29, 0.717) is 17.8 Å². The Morgan fingerprint density at radius 2 is 1.81 bits per heavy atom. The van der Waals surface area contributed by atoms with Crippen LogP contribution in [0.4, 0.5) is 5.82 Å². The highest BCUT2D eigenvalue weighted by molar-refractivity contribution is 5.91. The summed E-state index contributed by atoms with van der Waals surface area (Å²) >= 11 is 0. The molecule has 1 saturated heterocycles. The molecule has 0 bridgehead atoms. The molecule has 0 radical (unpaired) electrons. The van der Waals surface area contributed by atoms with E-state index in [9.17, 15) is 0 Å². The Labute approximate surface area is 216 Å². The molecule has 7 nitrogen and oxygen atoms in total. The molecule has 0 atom stereocenters. The van der Waals surface area contributed by atoms with Crippen LogP contribution in [0.15, 0.2) is 67.0 Å². The van der Waals surface area contributed by atoms with Crippen molar-refractivity contribution >= 4 is 22.2 Å². The predicted molar refractivity (Wildman–Crippen MR) is 149 cm³/mol. The van der Waals surface area contributed by atoms with E-state index in [1.54, 1.807) is 6.20 Å². The molecular formula is C30H33N7. The molecule has 0 amide bonds. The zero-order valence-corrected chi connectivity index (χ0v) is 21.3. The monoisotopic (exact) mass is 491 g/mol. The van der Waals surface area contributed by atoms with Crippen molar-refractivity contribution in [1.82, 2.24) is 29.2 Å². The minimum absolute atomic E-state index is 0.446. The third-order valence-corrected chi connectivity index (χ3v) is 8.33. The molecule has 0 spiro atoms. The summed E-state index contributed by atoms with van der Waals surface area (Å²) in [6.07, 6.45) is 7.01. The van der Waals surface area contributed by atoms with E-state index >= 15 is 0 Å². The SMILES string of the molecule is CN1CCN(C2CC(c3nc(-c4ccc5[nH]c(Cc6ccccc6)cc5c4)c4c(N)nccn34)C2)CC1. The molecule has 5 aromatic rings. The smallest absolute Gasteiger partial charge is 0.150 e. The quantitative estimate of drug-likeness (QED) is 0.377. The van der Waals surface area contributed by atoms with Crippen LogP contribution in [-0.4, -0.2) is 68.4 Å². The van der Waals surface area contributed by atoms with E-state index in [0.717, 1.165) is 60.5 Å². The summed E-state index contributed by atoms with van der Waals surface area (Å²) in [7, 11) is 2.21. The topological polar surface area (TPSA) is 78.5 Å². The van der Waals surface area contributed by atoms with Crippen LogP contribution in [0.5, 0.6) is 0 Å². The van der Waals surface area contributed by atoms with Crippen LogP contribution in [-0.2, 0) is 6.42 Å². The fraction of sp³-hybridized carbons (Fsp3) is 0.333. The molecule has 1 aliphatic carbocycles. The van der Waals surface area contributed by atoms with E-state index in [-0.39, 0.29) is 0 Å². The number of aromatic nitrogens is 4. The zero-order chi connectivity index (χ0) is 24.9. The molecule has 1 saturated carbocycles. The number of likely N-dealkylation sites (N-methyl/N-ethyl adjacent to an activating group) is 1. The number of anilines is 1. The Morgan fingerprint density at radius 1 is 1.00 bits per heavy atom. The zero-order valence-electron chi connectivity index (χ0n) is 21.3. The summed E-state index contributed by atoms with van der Waals surface area (Å²) in [5.74, 6) is 2.09. The Hall–Kier alpha value is -3.68. The standard InChI is InChI=1S/C30H33N7/c1-35-11-13-36(14-12-35)25-18-23(19-25)30-34-27(28-29(31)32-9-10-37(28)30)21-7-8-26-22(16-21)17-24(33-26)15-20-5-3-2-4-6-20/h2-10,16-17,23,25,33H,11-15,18-19H2,1H3,(H2,31,32). The summed E-state index contributed by atoms with van der Waals surface area (Å²) in [5, 5.41) is 1.19. The van der Waals surface area contributed by atoms with Gasteiger partial charge in [0, 0.05) is 79.1 Å². The molecule has 0 unspecified atom stereocenters. The Bertz CT molecular complexity index is 1550. The minimum atomic E-state index is 0.446. The minimum Gasteiger partial charge on any atom is -0.382 e. The van der Waals surface area contributed by atoms with Gasteiger partial charge in [-0.1, -0.05) is 36.4 Å². The van der Waals surface area contributed by atoms with E-state index in [4.69, 9.17) is 10.7 Å². The molecule has 3 aromatic heterocycles. The lowest BCUT2D eigenvalue weighted by atomic mass is 9.78. The predicted octanol–water partition coefficient (Wildman–Crippen LogP) is 4.54. The molecule has 3 N–H and O–H groups in total. The molecule has 4 heterocycles. The van der Waals surface area contributed by atoms with Crippen molar-refractivity contribution in [2.45, 2.75) is 31.2 Å². The van der Waals surface area contributed by atoms with Crippen molar-refractivity contribution in [3.63, 3.8) is 0 Å². The number of hydrogen-bond donors (Lipinski definition) is 2. The lowest BCUT2D eigenvalue weighted by Gasteiger charge is -2.45. The van der Waals surface area contributed by atoms with Gasteiger partial charge < -0.3 is 15.6 Å².